The number of hydrogen-bond acceptors (Lipinski definition) is 5. The number of benzene rings is 1. The van der Waals surface area contributed by atoms with Crippen molar-refractivity contribution in [2.75, 3.05) is 20.2 Å². The van der Waals surface area contributed by atoms with Gasteiger partial charge < -0.3 is 9.64 Å². The molecule has 1 fully saturated rings. The van der Waals surface area contributed by atoms with Crippen molar-refractivity contribution in [3.05, 3.63) is 47.0 Å². The summed E-state index contributed by atoms with van der Waals surface area (Å²) in [6.07, 6.45) is 4.72. The van der Waals surface area contributed by atoms with Gasteiger partial charge in [-0.2, -0.15) is 0 Å². The Bertz CT molecular complexity index is 1020. The zero-order valence-electron chi connectivity index (χ0n) is 15.2. The molecule has 0 saturated carbocycles. The molecule has 27 heavy (non-hydrogen) atoms. The Balaban J connectivity index is 1.61. The molecule has 7 heteroatoms. The Kier molecular flexibility index (Phi) is 4.94. The number of carbonyl (C=O) groups excluding carboxylic acids is 1. The first-order chi connectivity index (χ1) is 13.2. The fraction of sp³-hybridized carbons (Fsp3) is 0.350. The van der Waals surface area contributed by atoms with Crippen LogP contribution in [0.4, 0.5) is 0 Å². The van der Waals surface area contributed by atoms with E-state index in [-0.39, 0.29) is 18.0 Å². The van der Waals surface area contributed by atoms with Crippen molar-refractivity contribution >= 4 is 27.5 Å². The minimum Gasteiger partial charge on any atom is -0.497 e. The van der Waals surface area contributed by atoms with Crippen LogP contribution in [0.2, 0.25) is 0 Å². The van der Waals surface area contributed by atoms with Crippen LogP contribution in [-0.4, -0.2) is 40.6 Å². The molecule has 1 aliphatic heterocycles. The zero-order chi connectivity index (χ0) is 18.8. The van der Waals surface area contributed by atoms with Crippen LogP contribution < -0.4 is 10.3 Å². The van der Waals surface area contributed by atoms with Crippen molar-refractivity contribution in [2.24, 2.45) is 0 Å². The van der Waals surface area contributed by atoms with Crippen molar-refractivity contribution in [3.8, 4) is 16.2 Å². The van der Waals surface area contributed by atoms with Crippen LogP contribution in [-0.2, 0) is 11.3 Å². The molecule has 3 heterocycles. The van der Waals surface area contributed by atoms with E-state index in [2.05, 4.69) is 4.98 Å². The molecule has 1 aromatic carbocycles. The highest BCUT2D eigenvalue weighted by atomic mass is 32.1. The molecule has 1 saturated heterocycles. The molecule has 3 aromatic rings. The number of amides is 1. The lowest BCUT2D eigenvalue weighted by molar-refractivity contribution is -0.132. The van der Waals surface area contributed by atoms with Crippen molar-refractivity contribution in [1.29, 1.82) is 0 Å². The Morgan fingerprint density at radius 2 is 1.93 bits per heavy atom. The monoisotopic (exact) mass is 383 g/mol. The molecule has 0 N–H and O–H groups in total. The summed E-state index contributed by atoms with van der Waals surface area (Å²) in [6.45, 7) is 1.62. The van der Waals surface area contributed by atoms with E-state index < -0.39 is 0 Å². The van der Waals surface area contributed by atoms with Crippen molar-refractivity contribution in [2.45, 2.75) is 25.8 Å². The molecule has 140 valence electrons. The summed E-state index contributed by atoms with van der Waals surface area (Å²) in [4.78, 5) is 32.5. The van der Waals surface area contributed by atoms with E-state index in [0.29, 0.717) is 10.2 Å². The predicted molar refractivity (Wildman–Crippen MR) is 106 cm³/mol. The van der Waals surface area contributed by atoms with Gasteiger partial charge in [0.15, 0.2) is 0 Å². The second-order valence-corrected chi connectivity index (χ2v) is 7.72. The standard InChI is InChI=1S/C20H21N3O3S/c1-26-15-7-5-14(6-8-15)17-11-16-19(27-17)20(25)23(13-21-16)12-18(24)22-9-3-2-4-10-22/h5-8,11,13H,2-4,9-10,12H2,1H3. The maximum absolute atomic E-state index is 12.8. The van der Waals surface area contributed by atoms with Gasteiger partial charge in [0.1, 0.15) is 17.0 Å². The number of carbonyl (C=O) groups is 1. The Morgan fingerprint density at radius 3 is 2.63 bits per heavy atom. The summed E-state index contributed by atoms with van der Waals surface area (Å²) in [7, 11) is 1.63. The summed E-state index contributed by atoms with van der Waals surface area (Å²) < 4.78 is 7.19. The van der Waals surface area contributed by atoms with Crippen LogP contribution >= 0.6 is 11.3 Å². The molecule has 0 unspecified atom stereocenters. The molecular formula is C20H21N3O3S. The summed E-state index contributed by atoms with van der Waals surface area (Å²) in [5.74, 6) is 0.779. The number of ether oxygens (including phenoxy) is 1. The second-order valence-electron chi connectivity index (χ2n) is 6.67. The molecular weight excluding hydrogens is 362 g/mol. The predicted octanol–water partition coefficient (Wildman–Crippen LogP) is 3.15. The fourth-order valence-electron chi connectivity index (χ4n) is 3.34. The van der Waals surface area contributed by atoms with Crippen LogP contribution in [0.5, 0.6) is 5.75 Å². The zero-order valence-corrected chi connectivity index (χ0v) is 16.0. The first-order valence-corrected chi connectivity index (χ1v) is 9.88. The highest BCUT2D eigenvalue weighted by Gasteiger charge is 2.18. The lowest BCUT2D eigenvalue weighted by atomic mass is 10.1. The number of rotatable bonds is 4. The molecule has 4 rings (SSSR count). The Labute approximate surface area is 161 Å². The van der Waals surface area contributed by atoms with Gasteiger partial charge in [0.2, 0.25) is 5.91 Å². The number of hydrogen-bond donors (Lipinski definition) is 0. The van der Waals surface area contributed by atoms with Crippen LogP contribution in [0, 0.1) is 0 Å². The average molecular weight is 383 g/mol. The number of methoxy groups -OCH3 is 1. The number of likely N-dealkylation sites (tertiary alicyclic amines) is 1. The highest BCUT2D eigenvalue weighted by Crippen LogP contribution is 2.31. The maximum Gasteiger partial charge on any atom is 0.271 e. The summed E-state index contributed by atoms with van der Waals surface area (Å²) in [6, 6.07) is 9.62. The molecule has 0 atom stereocenters. The topological polar surface area (TPSA) is 64.4 Å². The Morgan fingerprint density at radius 1 is 1.19 bits per heavy atom. The van der Waals surface area contributed by atoms with Crippen molar-refractivity contribution in [3.63, 3.8) is 0 Å². The van der Waals surface area contributed by atoms with Crippen molar-refractivity contribution < 1.29 is 9.53 Å². The SMILES string of the molecule is COc1ccc(-c2cc3ncn(CC(=O)N4CCCCC4)c(=O)c3s2)cc1. The van der Waals surface area contributed by atoms with E-state index in [1.165, 1.54) is 28.7 Å². The molecule has 0 radical (unpaired) electrons. The summed E-state index contributed by atoms with van der Waals surface area (Å²) in [5, 5.41) is 0. The molecule has 2 aromatic heterocycles. The minimum absolute atomic E-state index is 0.00937. The van der Waals surface area contributed by atoms with Crippen LogP contribution in [0.25, 0.3) is 20.7 Å². The molecule has 0 aliphatic carbocycles. The third-order valence-corrected chi connectivity index (χ3v) is 6.05. The quantitative estimate of drug-likeness (QED) is 0.694. The van der Waals surface area contributed by atoms with Crippen molar-refractivity contribution in [1.82, 2.24) is 14.5 Å². The smallest absolute Gasteiger partial charge is 0.271 e. The fourth-order valence-corrected chi connectivity index (χ4v) is 4.41. The third-order valence-electron chi connectivity index (χ3n) is 4.89. The van der Waals surface area contributed by atoms with Gasteiger partial charge in [0.05, 0.1) is 19.0 Å². The normalized spacial score (nSPS) is 14.5. The van der Waals surface area contributed by atoms with Gasteiger partial charge in [-0.05, 0) is 55.2 Å². The lowest BCUT2D eigenvalue weighted by Crippen LogP contribution is -2.39. The molecule has 0 spiro atoms. The van der Waals surface area contributed by atoms with E-state index in [1.54, 1.807) is 7.11 Å². The van der Waals surface area contributed by atoms with E-state index in [1.807, 2.05) is 35.2 Å². The maximum atomic E-state index is 12.8. The average Bonchev–Trinajstić information content (AvgIpc) is 3.16. The largest absolute Gasteiger partial charge is 0.497 e. The Hall–Kier alpha value is -2.67. The van der Waals surface area contributed by atoms with Crippen LogP contribution in [0.15, 0.2) is 41.5 Å². The first kappa shape index (κ1) is 17.7. The van der Waals surface area contributed by atoms with Gasteiger partial charge in [-0.25, -0.2) is 4.98 Å². The molecule has 0 bridgehead atoms. The summed E-state index contributed by atoms with van der Waals surface area (Å²) in [5.41, 5.74) is 1.52. The molecule has 6 nitrogen and oxygen atoms in total. The highest BCUT2D eigenvalue weighted by molar-refractivity contribution is 7.22. The first-order valence-electron chi connectivity index (χ1n) is 9.07. The molecule has 1 aliphatic rings. The van der Waals surface area contributed by atoms with E-state index in [9.17, 15) is 9.59 Å². The number of aromatic nitrogens is 2. The van der Waals surface area contributed by atoms with E-state index in [0.717, 1.165) is 42.1 Å². The lowest BCUT2D eigenvalue weighted by Gasteiger charge is -2.26. The van der Waals surface area contributed by atoms with Gasteiger partial charge in [-0.15, -0.1) is 11.3 Å². The second kappa shape index (κ2) is 7.52. The van der Waals surface area contributed by atoms with E-state index in [4.69, 9.17) is 4.74 Å². The summed E-state index contributed by atoms with van der Waals surface area (Å²) >= 11 is 1.41. The third kappa shape index (κ3) is 3.60. The van der Waals surface area contributed by atoms with Gasteiger partial charge in [0.25, 0.3) is 5.56 Å². The van der Waals surface area contributed by atoms with E-state index >= 15 is 0 Å². The number of fused-ring (bicyclic) bond motifs is 1. The minimum atomic E-state index is -0.157. The van der Waals surface area contributed by atoms with Crippen LogP contribution in [0.1, 0.15) is 19.3 Å². The number of piperidine rings is 1. The number of nitrogens with zero attached hydrogens (tertiary/aromatic N) is 3. The number of thiophene rings is 1. The van der Waals surface area contributed by atoms with Gasteiger partial charge in [0, 0.05) is 18.0 Å². The molecule has 1 amide bonds. The van der Waals surface area contributed by atoms with Gasteiger partial charge in [-0.3, -0.25) is 14.2 Å². The van der Waals surface area contributed by atoms with Gasteiger partial charge in [-0.1, -0.05) is 0 Å². The van der Waals surface area contributed by atoms with Gasteiger partial charge >= 0.3 is 0 Å². The van der Waals surface area contributed by atoms with Crippen LogP contribution in [0.3, 0.4) is 0 Å².